The summed E-state index contributed by atoms with van der Waals surface area (Å²) in [5, 5.41) is 8.83. The van der Waals surface area contributed by atoms with Gasteiger partial charge in [0.25, 0.3) is 5.91 Å². The van der Waals surface area contributed by atoms with Crippen LogP contribution < -0.4 is 14.8 Å². The maximum absolute atomic E-state index is 13.0. The Labute approximate surface area is 154 Å². The molecular weight excluding hydrogens is 379 g/mol. The average molecular weight is 389 g/mol. The minimum absolute atomic E-state index is 0.137. The largest absolute Gasteiger partial charge is 0.454 e. The van der Waals surface area contributed by atoms with Gasteiger partial charge in [-0.05, 0) is 12.1 Å². The second-order valence-electron chi connectivity index (χ2n) is 6.21. The zero-order chi connectivity index (χ0) is 19.5. The van der Waals surface area contributed by atoms with Crippen LogP contribution in [0.15, 0.2) is 46.6 Å². The van der Waals surface area contributed by atoms with Gasteiger partial charge in [0.15, 0.2) is 11.5 Å². The standard InChI is InChI=1S/C17H10F3N5O3/c18-17(19,20)16(24-25-16)9-3-1-8(2-4-9)14(26)23-15-21-10-5-12-13(28-7-27-12)6-11(10)22-15/h1-6H,7H2,(H2,21,22,23,26). The third-order valence-electron chi connectivity index (χ3n) is 4.45. The molecule has 3 heterocycles. The van der Waals surface area contributed by atoms with Crippen molar-refractivity contribution in [2.24, 2.45) is 10.2 Å². The number of ether oxygens (including phenoxy) is 2. The van der Waals surface area contributed by atoms with Gasteiger partial charge in [0, 0.05) is 23.3 Å². The van der Waals surface area contributed by atoms with Crippen molar-refractivity contribution in [3.05, 3.63) is 47.5 Å². The molecule has 1 aromatic heterocycles. The van der Waals surface area contributed by atoms with Gasteiger partial charge in [-0.15, -0.1) is 10.2 Å². The molecule has 142 valence electrons. The van der Waals surface area contributed by atoms with Crippen LogP contribution in [0.2, 0.25) is 0 Å². The highest BCUT2D eigenvalue weighted by Gasteiger charge is 2.65. The molecule has 0 bridgehead atoms. The number of aromatic amines is 1. The summed E-state index contributed by atoms with van der Waals surface area (Å²) in [5.74, 6) is 0.782. The van der Waals surface area contributed by atoms with Crippen LogP contribution in [0.25, 0.3) is 11.0 Å². The van der Waals surface area contributed by atoms with E-state index in [9.17, 15) is 18.0 Å². The number of hydrogen-bond donors (Lipinski definition) is 2. The zero-order valence-electron chi connectivity index (χ0n) is 13.9. The molecule has 2 aliphatic rings. The van der Waals surface area contributed by atoms with E-state index in [1.807, 2.05) is 0 Å². The Hall–Kier alpha value is -3.63. The van der Waals surface area contributed by atoms with Crippen molar-refractivity contribution in [1.82, 2.24) is 9.97 Å². The highest BCUT2D eigenvalue weighted by molar-refractivity contribution is 6.04. The second kappa shape index (κ2) is 5.44. The first-order chi connectivity index (χ1) is 13.4. The molecule has 0 unspecified atom stereocenters. The summed E-state index contributed by atoms with van der Waals surface area (Å²) < 4.78 is 49.6. The van der Waals surface area contributed by atoms with Gasteiger partial charge in [0.1, 0.15) is 0 Å². The highest BCUT2D eigenvalue weighted by atomic mass is 19.4. The smallest absolute Gasteiger partial charge is 0.442 e. The van der Waals surface area contributed by atoms with Crippen LogP contribution >= 0.6 is 0 Å². The maximum Gasteiger partial charge on any atom is 0.442 e. The van der Waals surface area contributed by atoms with E-state index >= 15 is 0 Å². The van der Waals surface area contributed by atoms with Crippen molar-refractivity contribution in [2.45, 2.75) is 11.8 Å². The molecule has 0 radical (unpaired) electrons. The highest BCUT2D eigenvalue weighted by Crippen LogP contribution is 2.52. The second-order valence-corrected chi connectivity index (χ2v) is 6.21. The van der Waals surface area contributed by atoms with Gasteiger partial charge >= 0.3 is 11.8 Å². The average Bonchev–Trinajstić information content (AvgIpc) is 3.22. The van der Waals surface area contributed by atoms with Crippen molar-refractivity contribution in [1.29, 1.82) is 0 Å². The van der Waals surface area contributed by atoms with Gasteiger partial charge in [0.2, 0.25) is 12.7 Å². The first-order valence-corrected chi connectivity index (χ1v) is 8.08. The Morgan fingerprint density at radius 1 is 1.11 bits per heavy atom. The molecule has 8 nitrogen and oxygen atoms in total. The Bertz CT molecular complexity index is 1090. The van der Waals surface area contributed by atoms with E-state index < -0.39 is 17.7 Å². The lowest BCUT2D eigenvalue weighted by molar-refractivity contribution is -0.166. The Morgan fingerprint density at radius 2 is 1.79 bits per heavy atom. The summed E-state index contributed by atoms with van der Waals surface area (Å²) in [6.07, 6.45) is -4.61. The van der Waals surface area contributed by atoms with Gasteiger partial charge in [-0.2, -0.15) is 13.2 Å². The number of rotatable bonds is 3. The number of alkyl halides is 3. The summed E-state index contributed by atoms with van der Waals surface area (Å²) in [5.41, 5.74) is -1.28. The fraction of sp³-hybridized carbons (Fsp3) is 0.176. The van der Waals surface area contributed by atoms with E-state index in [0.29, 0.717) is 22.5 Å². The molecule has 28 heavy (non-hydrogen) atoms. The molecule has 2 N–H and O–H groups in total. The van der Waals surface area contributed by atoms with E-state index in [-0.39, 0.29) is 23.9 Å². The number of anilines is 1. The maximum atomic E-state index is 13.0. The van der Waals surface area contributed by atoms with E-state index in [1.54, 1.807) is 12.1 Å². The third-order valence-corrected chi connectivity index (χ3v) is 4.45. The van der Waals surface area contributed by atoms with Crippen molar-refractivity contribution in [3.63, 3.8) is 0 Å². The summed E-state index contributed by atoms with van der Waals surface area (Å²) >= 11 is 0. The first kappa shape index (κ1) is 16.5. The normalized spacial score (nSPS) is 16.4. The topological polar surface area (TPSA) is 101 Å². The molecular formula is C17H10F3N5O3. The molecule has 2 aromatic carbocycles. The van der Waals surface area contributed by atoms with Crippen molar-refractivity contribution < 1.29 is 27.4 Å². The lowest BCUT2D eigenvalue weighted by atomic mass is 10.0. The zero-order valence-corrected chi connectivity index (χ0v) is 13.9. The molecule has 2 aliphatic heterocycles. The number of imidazole rings is 1. The fourth-order valence-electron chi connectivity index (χ4n) is 2.94. The number of benzene rings is 2. The number of halogens is 3. The van der Waals surface area contributed by atoms with Crippen LogP contribution in [0.1, 0.15) is 15.9 Å². The molecule has 0 aliphatic carbocycles. The SMILES string of the molecule is O=C(Nc1nc2cc3c(cc2[nH]1)OCO3)c1ccc(C2(C(F)(F)F)N=N2)cc1. The third kappa shape index (κ3) is 2.47. The Kier molecular flexibility index (Phi) is 3.21. The Morgan fingerprint density at radius 3 is 2.43 bits per heavy atom. The van der Waals surface area contributed by atoms with E-state index in [4.69, 9.17) is 9.47 Å². The van der Waals surface area contributed by atoms with Crippen LogP contribution in [-0.2, 0) is 5.66 Å². The quantitative estimate of drug-likeness (QED) is 0.713. The molecule has 0 fully saturated rings. The number of hydrogen-bond acceptors (Lipinski definition) is 6. The van der Waals surface area contributed by atoms with Gasteiger partial charge in [-0.1, -0.05) is 12.1 Å². The van der Waals surface area contributed by atoms with Gasteiger partial charge in [-0.25, -0.2) is 4.98 Å². The van der Waals surface area contributed by atoms with Gasteiger partial charge < -0.3 is 14.5 Å². The number of amides is 1. The molecule has 11 heteroatoms. The van der Waals surface area contributed by atoms with Gasteiger partial charge in [0.05, 0.1) is 11.0 Å². The number of aromatic nitrogens is 2. The molecule has 1 amide bonds. The molecule has 0 spiro atoms. The van der Waals surface area contributed by atoms with Crippen molar-refractivity contribution in [3.8, 4) is 11.5 Å². The minimum atomic E-state index is -4.61. The lowest BCUT2D eigenvalue weighted by Crippen LogP contribution is -2.30. The Balaban J connectivity index is 1.35. The number of fused-ring (bicyclic) bond motifs is 2. The summed E-state index contributed by atoms with van der Waals surface area (Å²) in [7, 11) is 0. The van der Waals surface area contributed by atoms with E-state index in [1.165, 1.54) is 24.3 Å². The van der Waals surface area contributed by atoms with Crippen LogP contribution in [0.5, 0.6) is 11.5 Å². The van der Waals surface area contributed by atoms with Crippen LogP contribution in [-0.4, -0.2) is 28.8 Å². The van der Waals surface area contributed by atoms with Crippen LogP contribution in [0, 0.1) is 0 Å². The molecule has 0 atom stereocenters. The van der Waals surface area contributed by atoms with Crippen LogP contribution in [0.4, 0.5) is 19.1 Å². The molecule has 3 aromatic rings. The summed E-state index contributed by atoms with van der Waals surface area (Å²) in [6, 6.07) is 8.30. The molecule has 0 saturated heterocycles. The predicted molar refractivity (Wildman–Crippen MR) is 89.2 cm³/mol. The first-order valence-electron chi connectivity index (χ1n) is 8.08. The number of H-pyrrole nitrogens is 1. The van der Waals surface area contributed by atoms with Crippen LogP contribution in [0.3, 0.4) is 0 Å². The number of carbonyl (C=O) groups is 1. The minimum Gasteiger partial charge on any atom is -0.454 e. The molecule has 0 saturated carbocycles. The molecule has 5 rings (SSSR count). The monoisotopic (exact) mass is 389 g/mol. The van der Waals surface area contributed by atoms with E-state index in [2.05, 4.69) is 25.5 Å². The summed E-state index contributed by atoms with van der Waals surface area (Å²) in [6.45, 7) is 0.137. The van der Waals surface area contributed by atoms with Gasteiger partial charge in [-0.3, -0.25) is 10.1 Å². The van der Waals surface area contributed by atoms with E-state index in [0.717, 1.165) is 0 Å². The summed E-state index contributed by atoms with van der Waals surface area (Å²) in [4.78, 5) is 19.6. The number of carbonyl (C=O) groups excluding carboxylic acids is 1. The van der Waals surface area contributed by atoms with Crippen molar-refractivity contribution >= 4 is 22.9 Å². The number of nitrogens with one attached hydrogen (secondary N) is 2. The predicted octanol–water partition coefficient (Wildman–Crippen LogP) is 3.72. The number of nitrogens with zero attached hydrogens (tertiary/aromatic N) is 3. The van der Waals surface area contributed by atoms with Crippen molar-refractivity contribution in [2.75, 3.05) is 12.1 Å². The fourth-order valence-corrected chi connectivity index (χ4v) is 2.94. The lowest BCUT2D eigenvalue weighted by Gasteiger charge is -2.14.